The van der Waals surface area contributed by atoms with E-state index in [9.17, 15) is 76.0 Å². The number of rotatable bonds is 13. The Morgan fingerprint density at radius 2 is 0.867 bits per heavy atom. The first-order chi connectivity index (χ1) is 28.2. The molecule has 5 saturated heterocycles. The van der Waals surface area contributed by atoms with Crippen molar-refractivity contribution in [2.75, 3.05) is 19.8 Å². The molecule has 60 heavy (non-hydrogen) atoms. The fraction of sp³-hybridized carbons (Fsp3) is 0.941. The summed E-state index contributed by atoms with van der Waals surface area (Å²) in [5.74, 6) is -1.51. The zero-order valence-corrected chi connectivity index (χ0v) is 32.9. The molecule has 5 rings (SSSR count). The molecule has 0 radical (unpaired) electrons. The van der Waals surface area contributed by atoms with E-state index in [0.29, 0.717) is 0 Å². The fourth-order valence-electron chi connectivity index (χ4n) is 7.53. The van der Waals surface area contributed by atoms with Crippen molar-refractivity contribution >= 4 is 11.8 Å². The summed E-state index contributed by atoms with van der Waals surface area (Å²) in [6.45, 7) is 2.59. The monoisotopic (exact) mass is 878 g/mol. The second-order valence-electron chi connectivity index (χ2n) is 15.5. The SMILES string of the molecule is CC(=O)N[C@@H]1[C@@H](O)[C@H](O[C@@H]2O[C@H](CO[C@@H]3O[C@@H](C)[C@@H](O)[C@@H](O)[C@@H]3O)[C@@H](O[C@@H]3O[C@H](CO)[C@@H](O)[C@H](O)[C@@H]3O)[C@H](O)[C@H]2NC(C)=O)[C@@H](CO[C@@H]2O[C@@H](C)[C@@H](O)[C@@H](O)[C@@H]2O)O[C@H]1O. The van der Waals surface area contributed by atoms with E-state index >= 15 is 0 Å². The number of ether oxygens (including phenoxy) is 9. The maximum Gasteiger partial charge on any atom is 0.217 e. The highest BCUT2D eigenvalue weighted by molar-refractivity contribution is 5.73. The molecular weight excluding hydrogens is 820 g/mol. The number of hydrogen-bond donors (Lipinski definition) is 15. The van der Waals surface area contributed by atoms with Gasteiger partial charge in [-0.3, -0.25) is 9.59 Å². The van der Waals surface area contributed by atoms with Crippen LogP contribution in [-0.2, 0) is 52.2 Å². The van der Waals surface area contributed by atoms with E-state index < -0.39 is 185 Å². The van der Waals surface area contributed by atoms with Gasteiger partial charge in [-0.25, -0.2) is 0 Å². The average molecular weight is 879 g/mol. The predicted molar refractivity (Wildman–Crippen MR) is 187 cm³/mol. The van der Waals surface area contributed by atoms with Crippen LogP contribution in [0.1, 0.15) is 27.7 Å². The minimum atomic E-state index is -2.00. The highest BCUT2D eigenvalue weighted by Gasteiger charge is 2.55. The lowest BCUT2D eigenvalue weighted by Crippen LogP contribution is -2.70. The van der Waals surface area contributed by atoms with E-state index in [4.69, 9.17) is 42.6 Å². The number of carbonyl (C=O) groups is 2. The van der Waals surface area contributed by atoms with Crippen molar-refractivity contribution in [3.05, 3.63) is 0 Å². The lowest BCUT2D eigenvalue weighted by molar-refractivity contribution is -0.369. The van der Waals surface area contributed by atoms with Gasteiger partial charge in [0.2, 0.25) is 11.8 Å². The van der Waals surface area contributed by atoms with Crippen molar-refractivity contribution in [3.8, 4) is 0 Å². The molecule has 0 aromatic rings. The van der Waals surface area contributed by atoms with Gasteiger partial charge in [-0.1, -0.05) is 0 Å². The summed E-state index contributed by atoms with van der Waals surface area (Å²) in [4.78, 5) is 24.7. The van der Waals surface area contributed by atoms with Gasteiger partial charge < -0.3 is 120 Å². The Morgan fingerprint density at radius 3 is 1.35 bits per heavy atom. The molecule has 5 aliphatic heterocycles. The Morgan fingerprint density at radius 1 is 0.467 bits per heavy atom. The van der Waals surface area contributed by atoms with Crippen molar-refractivity contribution in [3.63, 3.8) is 0 Å². The minimum Gasteiger partial charge on any atom is -0.394 e. The highest BCUT2D eigenvalue weighted by Crippen LogP contribution is 2.34. The Balaban J connectivity index is 1.46. The number of carbonyl (C=O) groups excluding carboxylic acids is 2. The van der Waals surface area contributed by atoms with E-state index in [0.717, 1.165) is 13.8 Å². The molecule has 5 aliphatic rings. The normalized spacial score (nSPS) is 50.2. The molecule has 0 aliphatic carbocycles. The number of nitrogens with one attached hydrogen (secondary N) is 2. The summed E-state index contributed by atoms with van der Waals surface area (Å²) >= 11 is 0. The fourth-order valence-corrected chi connectivity index (χ4v) is 7.53. The van der Waals surface area contributed by atoms with E-state index in [1.165, 1.54) is 13.8 Å². The van der Waals surface area contributed by atoms with Crippen LogP contribution >= 0.6 is 0 Å². The van der Waals surface area contributed by atoms with Gasteiger partial charge in [0.25, 0.3) is 0 Å². The first-order valence-corrected chi connectivity index (χ1v) is 19.3. The van der Waals surface area contributed by atoms with Crippen LogP contribution in [0.5, 0.6) is 0 Å². The topological polar surface area (TPSA) is 404 Å². The van der Waals surface area contributed by atoms with Crippen molar-refractivity contribution in [2.24, 2.45) is 0 Å². The zero-order valence-electron chi connectivity index (χ0n) is 32.9. The van der Waals surface area contributed by atoms with Crippen LogP contribution < -0.4 is 10.6 Å². The van der Waals surface area contributed by atoms with Gasteiger partial charge in [-0.05, 0) is 13.8 Å². The minimum absolute atomic E-state index is 0.693. The summed E-state index contributed by atoms with van der Waals surface area (Å²) in [5, 5.41) is 142. The largest absolute Gasteiger partial charge is 0.394 e. The third-order valence-corrected chi connectivity index (χ3v) is 11.0. The number of aliphatic hydroxyl groups is 13. The van der Waals surface area contributed by atoms with Gasteiger partial charge in [0.1, 0.15) is 110 Å². The molecule has 0 unspecified atom stereocenters. The number of hydrogen-bond acceptors (Lipinski definition) is 24. The maximum atomic E-state index is 12.6. The molecule has 25 atom stereocenters. The molecular formula is C34H58N2O24. The zero-order chi connectivity index (χ0) is 44.5. The van der Waals surface area contributed by atoms with Crippen molar-refractivity contribution in [2.45, 2.75) is 181 Å². The molecule has 5 fully saturated rings. The third-order valence-electron chi connectivity index (χ3n) is 11.0. The Kier molecular flexibility index (Phi) is 16.9. The van der Waals surface area contributed by atoms with E-state index in [1.807, 2.05) is 0 Å². The van der Waals surface area contributed by atoms with Crippen LogP contribution in [0.2, 0.25) is 0 Å². The van der Waals surface area contributed by atoms with E-state index in [-0.39, 0.29) is 0 Å². The molecule has 0 saturated carbocycles. The molecule has 0 aromatic carbocycles. The molecule has 0 aromatic heterocycles. The van der Waals surface area contributed by atoms with E-state index in [1.54, 1.807) is 0 Å². The average Bonchev–Trinajstić information content (AvgIpc) is 3.19. The Hall–Kier alpha value is -1.94. The molecule has 348 valence electrons. The molecule has 0 spiro atoms. The van der Waals surface area contributed by atoms with Crippen LogP contribution in [-0.4, -0.2) is 251 Å². The standard InChI is InChI=1S/C34H58N2O24/c1-8-17(40)22(45)25(48)32(54-8)52-6-13-28(20(43)15(30(51)56-13)35-10(3)38)59-31-16(36-11(4)39)21(44)29(60-34-27(50)24(47)19(42)12(5-37)57-34)14(58-31)7-53-33-26(49)23(46)18(41)9(2)55-33/h8-9,12-34,37,40-51H,5-7H2,1-4H3,(H,35,38)(H,36,39)/t8-,9-,12+,13+,14+,15+,16+,17+,18+,19+,20+,21+,22+,23+,24-,25-,26-,27-,28+,29+,30+,31-,32+,33+,34-/m0/s1. The summed E-state index contributed by atoms with van der Waals surface area (Å²) in [5.41, 5.74) is 0. The van der Waals surface area contributed by atoms with Crippen LogP contribution in [0, 0.1) is 0 Å². The quantitative estimate of drug-likeness (QED) is 0.0817. The van der Waals surface area contributed by atoms with Gasteiger partial charge in [0.15, 0.2) is 31.5 Å². The first kappa shape index (κ1) is 49.1. The molecule has 15 N–H and O–H groups in total. The summed E-state index contributed by atoms with van der Waals surface area (Å²) < 4.78 is 51.7. The van der Waals surface area contributed by atoms with Crippen molar-refractivity contribution in [1.29, 1.82) is 0 Å². The van der Waals surface area contributed by atoms with E-state index in [2.05, 4.69) is 10.6 Å². The second kappa shape index (κ2) is 20.7. The number of amides is 2. The first-order valence-electron chi connectivity index (χ1n) is 19.3. The lowest BCUT2D eigenvalue weighted by Gasteiger charge is -2.50. The Labute approximate surface area is 342 Å². The Bertz CT molecular complexity index is 1400. The van der Waals surface area contributed by atoms with Crippen LogP contribution in [0.15, 0.2) is 0 Å². The van der Waals surface area contributed by atoms with Crippen LogP contribution in [0.3, 0.4) is 0 Å². The second-order valence-corrected chi connectivity index (χ2v) is 15.5. The molecule has 0 bridgehead atoms. The number of aliphatic hydroxyl groups excluding tert-OH is 13. The van der Waals surface area contributed by atoms with Gasteiger partial charge in [-0.15, -0.1) is 0 Å². The smallest absolute Gasteiger partial charge is 0.217 e. The highest BCUT2D eigenvalue weighted by atomic mass is 16.8. The molecule has 26 nitrogen and oxygen atoms in total. The van der Waals surface area contributed by atoms with Gasteiger partial charge >= 0.3 is 0 Å². The molecule has 2 amide bonds. The van der Waals surface area contributed by atoms with Crippen molar-refractivity contribution < 1.29 is 119 Å². The van der Waals surface area contributed by atoms with Crippen LogP contribution in [0.25, 0.3) is 0 Å². The molecule has 26 heteroatoms. The summed E-state index contributed by atoms with van der Waals surface area (Å²) in [6, 6.07) is -3.27. The third kappa shape index (κ3) is 10.7. The predicted octanol–water partition coefficient (Wildman–Crippen LogP) is -9.58. The van der Waals surface area contributed by atoms with Crippen LogP contribution in [0.4, 0.5) is 0 Å². The van der Waals surface area contributed by atoms with Gasteiger partial charge in [0.05, 0.1) is 32.0 Å². The van der Waals surface area contributed by atoms with Gasteiger partial charge in [-0.2, -0.15) is 0 Å². The maximum absolute atomic E-state index is 12.6. The molecule has 5 heterocycles. The summed E-state index contributed by atoms with van der Waals surface area (Å²) in [7, 11) is 0. The van der Waals surface area contributed by atoms with Crippen molar-refractivity contribution in [1.82, 2.24) is 10.6 Å². The van der Waals surface area contributed by atoms with Gasteiger partial charge in [0, 0.05) is 13.8 Å². The lowest BCUT2D eigenvalue weighted by atomic mass is 9.94. The summed E-state index contributed by atoms with van der Waals surface area (Å²) in [6.07, 6.45) is -38.9.